The van der Waals surface area contributed by atoms with Gasteiger partial charge in [0.1, 0.15) is 24.3 Å². The molecule has 12 heteroatoms. The van der Waals surface area contributed by atoms with Gasteiger partial charge in [0.2, 0.25) is 0 Å². The van der Waals surface area contributed by atoms with Crippen molar-refractivity contribution in [3.63, 3.8) is 0 Å². The number of thioether (sulfide) groups is 1. The highest BCUT2D eigenvalue weighted by Crippen LogP contribution is 2.35. The number of benzene rings is 2. The van der Waals surface area contributed by atoms with E-state index in [0.717, 1.165) is 5.16 Å². The van der Waals surface area contributed by atoms with Crippen LogP contribution in [0.4, 0.5) is 15.9 Å². The lowest BCUT2D eigenvalue weighted by atomic mass is 10.2. The predicted molar refractivity (Wildman–Crippen MR) is 125 cm³/mol. The van der Waals surface area contributed by atoms with Gasteiger partial charge in [-0.1, -0.05) is 23.4 Å². The van der Waals surface area contributed by atoms with Crippen LogP contribution in [0, 0.1) is 5.82 Å². The minimum absolute atomic E-state index is 0. The van der Waals surface area contributed by atoms with Crippen LogP contribution in [0.1, 0.15) is 0 Å². The number of aromatic nitrogens is 5. The quantitative estimate of drug-likeness (QED) is 0.272. The van der Waals surface area contributed by atoms with E-state index in [1.54, 1.807) is 37.7 Å². The number of halogens is 3. The lowest BCUT2D eigenvalue weighted by Crippen LogP contribution is -2.04. The predicted octanol–water partition coefficient (Wildman–Crippen LogP) is 4.90. The summed E-state index contributed by atoms with van der Waals surface area (Å²) in [5, 5.41) is 12.7. The van der Waals surface area contributed by atoms with Crippen LogP contribution in [0.5, 0.6) is 11.5 Å². The number of hydrogen-bond donors (Lipinski definition) is 1. The van der Waals surface area contributed by atoms with E-state index < -0.39 is 5.82 Å². The van der Waals surface area contributed by atoms with E-state index in [-0.39, 0.29) is 18.1 Å². The number of methoxy groups -OCH3 is 1. The van der Waals surface area contributed by atoms with Crippen LogP contribution in [0.25, 0.3) is 10.9 Å². The second kappa shape index (κ2) is 10.7. The van der Waals surface area contributed by atoms with Crippen molar-refractivity contribution < 1.29 is 13.9 Å². The SMILES string of the molecule is COc1cc2c(Nc3ccc(Cl)cc3F)ncnc2cc1OCCSc1nncn1C.Cl. The number of aryl methyl sites for hydroxylation is 1. The standard InChI is InChI=1S/C20H18ClFN6O2S.ClH/c1-28-11-25-27-20(28)31-6-5-30-18-9-16-13(8-17(18)29-2)19(24-10-23-16)26-15-4-3-12(21)7-14(15)22;/h3-4,7-11H,5-6H2,1-2H3,(H,23,24,26);1H. The van der Waals surface area contributed by atoms with Gasteiger partial charge in [0, 0.05) is 29.3 Å². The number of hydrogen-bond acceptors (Lipinski definition) is 8. The van der Waals surface area contributed by atoms with Gasteiger partial charge >= 0.3 is 0 Å². The Bertz CT molecular complexity index is 1230. The van der Waals surface area contributed by atoms with Crippen LogP contribution in [0.2, 0.25) is 5.02 Å². The molecule has 8 nitrogen and oxygen atoms in total. The molecule has 0 spiro atoms. The summed E-state index contributed by atoms with van der Waals surface area (Å²) in [6.07, 6.45) is 3.05. The van der Waals surface area contributed by atoms with Crippen molar-refractivity contribution >= 4 is 58.2 Å². The largest absolute Gasteiger partial charge is 0.493 e. The third-order valence-corrected chi connectivity index (χ3v) is 5.58. The second-order valence-electron chi connectivity index (χ2n) is 6.41. The maximum atomic E-state index is 14.2. The van der Waals surface area contributed by atoms with Crippen molar-refractivity contribution in [1.29, 1.82) is 0 Å². The fourth-order valence-electron chi connectivity index (χ4n) is 2.84. The van der Waals surface area contributed by atoms with E-state index >= 15 is 0 Å². The Kier molecular flexibility index (Phi) is 7.94. The molecule has 0 aliphatic carbocycles. The fourth-order valence-corrected chi connectivity index (χ4v) is 3.71. The topological polar surface area (TPSA) is 87.0 Å². The van der Waals surface area contributed by atoms with Gasteiger partial charge < -0.3 is 19.4 Å². The molecule has 0 aliphatic rings. The molecule has 2 aromatic carbocycles. The van der Waals surface area contributed by atoms with Crippen molar-refractivity contribution in [2.45, 2.75) is 5.16 Å². The summed E-state index contributed by atoms with van der Waals surface area (Å²) < 4.78 is 27.4. The Morgan fingerprint density at radius 2 is 2.03 bits per heavy atom. The maximum absolute atomic E-state index is 14.2. The molecule has 0 atom stereocenters. The van der Waals surface area contributed by atoms with Gasteiger partial charge in [-0.05, 0) is 24.3 Å². The third-order valence-electron chi connectivity index (χ3n) is 4.35. The molecule has 0 fully saturated rings. The van der Waals surface area contributed by atoms with Crippen LogP contribution in [0.15, 0.2) is 48.1 Å². The van der Waals surface area contributed by atoms with Crippen LogP contribution >= 0.6 is 35.8 Å². The normalized spacial score (nSPS) is 10.6. The zero-order valence-electron chi connectivity index (χ0n) is 17.1. The number of nitrogens with one attached hydrogen (secondary N) is 1. The van der Waals surface area contributed by atoms with Crippen molar-refractivity contribution in [3.05, 3.63) is 53.8 Å². The van der Waals surface area contributed by atoms with Gasteiger partial charge in [-0.3, -0.25) is 0 Å². The molecule has 4 aromatic rings. The van der Waals surface area contributed by atoms with E-state index in [0.29, 0.717) is 45.6 Å². The Hall–Kier alpha value is -2.82. The Labute approximate surface area is 198 Å². The zero-order chi connectivity index (χ0) is 21.8. The summed E-state index contributed by atoms with van der Waals surface area (Å²) in [6, 6.07) is 7.92. The fraction of sp³-hybridized carbons (Fsp3) is 0.200. The van der Waals surface area contributed by atoms with Gasteiger partial charge in [0.25, 0.3) is 0 Å². The first-order valence-corrected chi connectivity index (χ1v) is 10.6. The minimum Gasteiger partial charge on any atom is -0.493 e. The molecule has 0 amide bonds. The van der Waals surface area contributed by atoms with Gasteiger partial charge in [-0.25, -0.2) is 14.4 Å². The first-order valence-electron chi connectivity index (χ1n) is 9.19. The average molecular weight is 497 g/mol. The summed E-state index contributed by atoms with van der Waals surface area (Å²) in [4.78, 5) is 8.55. The van der Waals surface area contributed by atoms with E-state index in [1.807, 2.05) is 11.6 Å². The molecule has 0 saturated heterocycles. The Morgan fingerprint density at radius 1 is 1.19 bits per heavy atom. The van der Waals surface area contributed by atoms with Gasteiger partial charge in [0.15, 0.2) is 16.7 Å². The zero-order valence-corrected chi connectivity index (χ0v) is 19.5. The average Bonchev–Trinajstić information content (AvgIpc) is 3.17. The number of rotatable bonds is 8. The summed E-state index contributed by atoms with van der Waals surface area (Å²) >= 11 is 7.37. The summed E-state index contributed by atoms with van der Waals surface area (Å²) in [5.41, 5.74) is 0.883. The lowest BCUT2D eigenvalue weighted by Gasteiger charge is -2.14. The molecule has 0 saturated carbocycles. The molecule has 168 valence electrons. The summed E-state index contributed by atoms with van der Waals surface area (Å²) in [5.74, 6) is 1.71. The molecule has 4 rings (SSSR count). The molecule has 32 heavy (non-hydrogen) atoms. The van der Waals surface area contributed by atoms with Crippen molar-refractivity contribution in [2.75, 3.05) is 24.8 Å². The van der Waals surface area contributed by atoms with Gasteiger partial charge in [-0.2, -0.15) is 0 Å². The highest BCUT2D eigenvalue weighted by Gasteiger charge is 2.13. The molecule has 0 aliphatic heterocycles. The second-order valence-corrected chi connectivity index (χ2v) is 7.91. The highest BCUT2D eigenvalue weighted by molar-refractivity contribution is 7.99. The van der Waals surface area contributed by atoms with E-state index in [9.17, 15) is 4.39 Å². The maximum Gasteiger partial charge on any atom is 0.190 e. The number of fused-ring (bicyclic) bond motifs is 1. The monoisotopic (exact) mass is 496 g/mol. The third kappa shape index (κ3) is 5.32. The molecule has 0 unspecified atom stereocenters. The number of nitrogens with zero attached hydrogens (tertiary/aromatic N) is 5. The lowest BCUT2D eigenvalue weighted by molar-refractivity contribution is 0.314. The van der Waals surface area contributed by atoms with Gasteiger partial charge in [0.05, 0.1) is 24.9 Å². The van der Waals surface area contributed by atoms with Gasteiger partial charge in [-0.15, -0.1) is 22.6 Å². The van der Waals surface area contributed by atoms with Crippen LogP contribution in [-0.4, -0.2) is 44.2 Å². The first kappa shape index (κ1) is 23.8. The first-order chi connectivity index (χ1) is 15.0. The summed E-state index contributed by atoms with van der Waals surface area (Å²) in [7, 11) is 3.44. The van der Waals surface area contributed by atoms with Crippen molar-refractivity contribution in [3.8, 4) is 11.5 Å². The van der Waals surface area contributed by atoms with E-state index in [1.165, 1.54) is 24.2 Å². The Balaban J connectivity index is 0.00000289. The van der Waals surface area contributed by atoms with Crippen LogP contribution in [-0.2, 0) is 7.05 Å². The van der Waals surface area contributed by atoms with Crippen LogP contribution in [0.3, 0.4) is 0 Å². The minimum atomic E-state index is -0.480. The van der Waals surface area contributed by atoms with Crippen LogP contribution < -0.4 is 14.8 Å². The number of anilines is 2. The molecular weight excluding hydrogens is 478 g/mol. The highest BCUT2D eigenvalue weighted by atomic mass is 35.5. The number of ether oxygens (including phenoxy) is 2. The van der Waals surface area contributed by atoms with E-state index in [4.69, 9.17) is 21.1 Å². The van der Waals surface area contributed by atoms with E-state index in [2.05, 4.69) is 25.5 Å². The smallest absolute Gasteiger partial charge is 0.190 e. The molecular formula is C20H19Cl2FN6O2S. The van der Waals surface area contributed by atoms with Crippen molar-refractivity contribution in [1.82, 2.24) is 24.7 Å². The molecule has 1 N–H and O–H groups in total. The molecule has 2 aromatic heterocycles. The molecule has 0 bridgehead atoms. The van der Waals surface area contributed by atoms with Crippen molar-refractivity contribution in [2.24, 2.45) is 7.05 Å². The molecule has 2 heterocycles. The molecule has 0 radical (unpaired) electrons. The Morgan fingerprint density at radius 3 is 2.75 bits per heavy atom. The summed E-state index contributed by atoms with van der Waals surface area (Å²) in [6.45, 7) is 0.436.